The van der Waals surface area contributed by atoms with Gasteiger partial charge >= 0.3 is 0 Å². The summed E-state index contributed by atoms with van der Waals surface area (Å²) in [6, 6.07) is 0. The van der Waals surface area contributed by atoms with Crippen LogP contribution in [0.1, 0.15) is 27.7 Å². The molecule has 0 bridgehead atoms. The van der Waals surface area contributed by atoms with Crippen LogP contribution in [0, 0.1) is 0 Å². The van der Waals surface area contributed by atoms with Crippen LogP contribution >= 0.6 is 0 Å². The molecule has 3 aliphatic heterocycles. The van der Waals surface area contributed by atoms with E-state index < -0.39 is 29.6 Å². The van der Waals surface area contributed by atoms with Gasteiger partial charge < -0.3 is 28.8 Å². The number of aliphatic hydroxyl groups excluding tert-OH is 1. The van der Waals surface area contributed by atoms with E-state index in [2.05, 4.69) is 0 Å². The van der Waals surface area contributed by atoms with E-state index in [1.165, 1.54) is 0 Å². The highest BCUT2D eigenvalue weighted by Crippen LogP contribution is 2.48. The Balaban J connectivity index is 1.95. The SMILES string of the molecule is CC1(C)O[C@H]2CO[C@@H]3OC(C)(C)O[C@]3(CO)[C@@H]2O1. The third-order valence-corrected chi connectivity index (χ3v) is 3.55. The molecule has 0 aromatic rings. The van der Waals surface area contributed by atoms with Crippen LogP contribution in [0.15, 0.2) is 0 Å². The molecule has 0 saturated carbocycles. The third-order valence-electron chi connectivity index (χ3n) is 3.55. The second kappa shape index (κ2) is 3.65. The van der Waals surface area contributed by atoms with Crippen LogP contribution in [0.2, 0.25) is 0 Å². The molecule has 0 aromatic heterocycles. The summed E-state index contributed by atoms with van der Waals surface area (Å²) in [6.45, 7) is 7.41. The van der Waals surface area contributed by atoms with Gasteiger partial charge in [0.2, 0.25) is 0 Å². The normalized spacial score (nSPS) is 48.8. The summed E-state index contributed by atoms with van der Waals surface area (Å²) < 4.78 is 28.9. The van der Waals surface area contributed by atoms with Crippen molar-refractivity contribution in [2.75, 3.05) is 13.2 Å². The van der Waals surface area contributed by atoms with Crippen molar-refractivity contribution in [3.05, 3.63) is 0 Å². The van der Waals surface area contributed by atoms with Gasteiger partial charge in [0, 0.05) is 0 Å². The molecule has 0 aliphatic carbocycles. The maximum absolute atomic E-state index is 9.78. The van der Waals surface area contributed by atoms with Crippen LogP contribution < -0.4 is 0 Å². The summed E-state index contributed by atoms with van der Waals surface area (Å²) in [5.41, 5.74) is -1.01. The van der Waals surface area contributed by atoms with Crippen molar-refractivity contribution in [3.63, 3.8) is 0 Å². The average molecular weight is 260 g/mol. The predicted molar refractivity (Wildman–Crippen MR) is 59.6 cm³/mol. The average Bonchev–Trinajstić information content (AvgIpc) is 2.70. The molecule has 0 unspecified atom stereocenters. The maximum Gasteiger partial charge on any atom is 0.195 e. The Morgan fingerprint density at radius 2 is 1.78 bits per heavy atom. The molecular weight excluding hydrogens is 240 g/mol. The zero-order valence-corrected chi connectivity index (χ0v) is 11.1. The van der Waals surface area contributed by atoms with E-state index >= 15 is 0 Å². The molecule has 18 heavy (non-hydrogen) atoms. The van der Waals surface area contributed by atoms with E-state index in [1.54, 1.807) is 13.8 Å². The molecule has 3 saturated heterocycles. The first kappa shape index (κ1) is 12.8. The van der Waals surface area contributed by atoms with Gasteiger partial charge in [0.25, 0.3) is 0 Å². The first-order chi connectivity index (χ1) is 8.28. The van der Waals surface area contributed by atoms with E-state index in [1.807, 2.05) is 13.8 Å². The summed E-state index contributed by atoms with van der Waals surface area (Å²) in [7, 11) is 0. The van der Waals surface area contributed by atoms with Gasteiger partial charge in [-0.05, 0) is 27.7 Å². The van der Waals surface area contributed by atoms with Crippen molar-refractivity contribution >= 4 is 0 Å². The van der Waals surface area contributed by atoms with E-state index in [0.717, 1.165) is 0 Å². The van der Waals surface area contributed by atoms with Crippen LogP contribution in [0.5, 0.6) is 0 Å². The number of aliphatic hydroxyl groups is 1. The molecule has 0 spiro atoms. The number of rotatable bonds is 1. The van der Waals surface area contributed by atoms with Gasteiger partial charge in [0.1, 0.15) is 12.2 Å². The van der Waals surface area contributed by atoms with Crippen LogP contribution in [0.3, 0.4) is 0 Å². The fourth-order valence-electron chi connectivity index (χ4n) is 3.01. The topological polar surface area (TPSA) is 66.4 Å². The quantitative estimate of drug-likeness (QED) is 0.735. The molecule has 3 fully saturated rings. The summed E-state index contributed by atoms with van der Waals surface area (Å²) in [4.78, 5) is 0. The van der Waals surface area contributed by atoms with Crippen LogP contribution in [-0.2, 0) is 23.7 Å². The van der Waals surface area contributed by atoms with Crippen molar-refractivity contribution in [2.24, 2.45) is 0 Å². The smallest absolute Gasteiger partial charge is 0.195 e. The van der Waals surface area contributed by atoms with Crippen molar-refractivity contribution in [1.29, 1.82) is 0 Å². The number of ether oxygens (including phenoxy) is 5. The number of hydrogen-bond donors (Lipinski definition) is 1. The second-order valence-corrected chi connectivity index (χ2v) is 5.99. The van der Waals surface area contributed by atoms with Gasteiger partial charge in [-0.3, -0.25) is 0 Å². The highest BCUT2D eigenvalue weighted by Gasteiger charge is 2.67. The Hall–Kier alpha value is -0.240. The zero-order valence-electron chi connectivity index (χ0n) is 11.1. The summed E-state index contributed by atoms with van der Waals surface area (Å²) >= 11 is 0. The van der Waals surface area contributed by atoms with E-state index in [0.29, 0.717) is 6.61 Å². The number of fused-ring (bicyclic) bond motifs is 3. The monoisotopic (exact) mass is 260 g/mol. The van der Waals surface area contributed by atoms with Gasteiger partial charge in [-0.1, -0.05) is 0 Å². The Morgan fingerprint density at radius 3 is 2.44 bits per heavy atom. The lowest BCUT2D eigenvalue weighted by molar-refractivity contribution is -0.241. The Bertz CT molecular complexity index is 354. The Labute approximate surface area is 106 Å². The third kappa shape index (κ3) is 1.71. The van der Waals surface area contributed by atoms with E-state index in [4.69, 9.17) is 23.7 Å². The van der Waals surface area contributed by atoms with Gasteiger partial charge in [-0.2, -0.15) is 0 Å². The van der Waals surface area contributed by atoms with Gasteiger partial charge in [-0.15, -0.1) is 0 Å². The maximum atomic E-state index is 9.78. The minimum atomic E-state index is -1.01. The molecule has 4 atom stereocenters. The van der Waals surface area contributed by atoms with Gasteiger partial charge in [0.05, 0.1) is 13.2 Å². The molecule has 3 aliphatic rings. The first-order valence-corrected chi connectivity index (χ1v) is 6.24. The summed E-state index contributed by atoms with van der Waals surface area (Å²) in [5, 5.41) is 9.78. The van der Waals surface area contributed by atoms with Crippen LogP contribution in [0.25, 0.3) is 0 Å². The van der Waals surface area contributed by atoms with Crippen molar-refractivity contribution in [1.82, 2.24) is 0 Å². The molecule has 3 heterocycles. The lowest BCUT2D eigenvalue weighted by Gasteiger charge is -2.41. The molecule has 0 radical (unpaired) electrons. The zero-order chi connectivity index (χ0) is 13.2. The van der Waals surface area contributed by atoms with E-state index in [-0.39, 0.29) is 12.7 Å². The Morgan fingerprint density at radius 1 is 1.06 bits per heavy atom. The standard InChI is InChI=1S/C12H20O6/c1-10(2)15-7-5-14-9-12(6-13,8(7)16-10)18-11(3,4)17-9/h7-9,13H,5-6H2,1-4H3/t7-,8+,9+,12+/m0/s1. The van der Waals surface area contributed by atoms with Gasteiger partial charge in [0.15, 0.2) is 23.5 Å². The minimum absolute atomic E-state index is 0.234. The highest BCUT2D eigenvalue weighted by atomic mass is 16.9. The molecule has 6 heteroatoms. The molecule has 1 N–H and O–H groups in total. The van der Waals surface area contributed by atoms with Crippen molar-refractivity contribution in [3.8, 4) is 0 Å². The molecule has 0 aromatic carbocycles. The van der Waals surface area contributed by atoms with E-state index in [9.17, 15) is 5.11 Å². The van der Waals surface area contributed by atoms with Gasteiger partial charge in [-0.25, -0.2) is 0 Å². The molecule has 3 rings (SSSR count). The first-order valence-electron chi connectivity index (χ1n) is 6.24. The number of hydrogen-bond acceptors (Lipinski definition) is 6. The fourth-order valence-corrected chi connectivity index (χ4v) is 3.01. The van der Waals surface area contributed by atoms with Crippen molar-refractivity contribution < 1.29 is 28.8 Å². The molecule has 6 nitrogen and oxygen atoms in total. The minimum Gasteiger partial charge on any atom is -0.393 e. The van der Waals surface area contributed by atoms with Crippen LogP contribution in [0.4, 0.5) is 0 Å². The van der Waals surface area contributed by atoms with Crippen LogP contribution in [-0.4, -0.2) is 54.0 Å². The molecular formula is C12H20O6. The summed E-state index contributed by atoms with van der Waals surface area (Å²) in [6.07, 6.45) is -1.27. The molecule has 0 amide bonds. The molecule has 104 valence electrons. The summed E-state index contributed by atoms with van der Waals surface area (Å²) in [5.74, 6) is -1.51. The Kier molecular flexibility index (Phi) is 2.59. The fraction of sp³-hybridized carbons (Fsp3) is 1.00. The predicted octanol–water partition coefficient (Wildman–Crippen LogP) is 0.377. The lowest BCUT2D eigenvalue weighted by atomic mass is 9.90. The van der Waals surface area contributed by atoms with Crippen molar-refractivity contribution in [2.45, 2.75) is 63.4 Å². The lowest BCUT2D eigenvalue weighted by Crippen LogP contribution is -2.62. The highest BCUT2D eigenvalue weighted by molar-refractivity contribution is 5.07. The second-order valence-electron chi connectivity index (χ2n) is 5.99. The largest absolute Gasteiger partial charge is 0.393 e.